The molecule has 46 heavy (non-hydrogen) atoms. The van der Waals surface area contributed by atoms with E-state index in [1.54, 1.807) is 0 Å². The van der Waals surface area contributed by atoms with Crippen LogP contribution < -0.4 is 5.30 Å². The second-order valence-corrected chi connectivity index (χ2v) is 12.5. The maximum atomic E-state index is 6.63. The zero-order valence-electron chi connectivity index (χ0n) is 24.6. The smallest absolute Gasteiger partial charge is 0.143 e. The van der Waals surface area contributed by atoms with E-state index >= 15 is 0 Å². The van der Waals surface area contributed by atoms with E-state index in [9.17, 15) is 0 Å². The van der Waals surface area contributed by atoms with Crippen LogP contribution in [0.5, 0.6) is 0 Å². The van der Waals surface area contributed by atoms with E-state index in [1.807, 2.05) is 24.3 Å². The Hall–Kier alpha value is -5.63. The standard InChI is InChI=1S/C42H25O3P/c46-40-17-4-2-10-27(40)24-8-5-9-25(20-24)28-12-6-14-31-34-22-35-32-15-7-13-29(42(32)45-39(35)23-38(34)44-41(28)31)26-18-19-37-33(21-26)30-11-1-3-16-36(30)43-37/h1-23H,46H2. The van der Waals surface area contributed by atoms with Gasteiger partial charge < -0.3 is 13.3 Å². The molecule has 0 spiro atoms. The Morgan fingerprint density at radius 1 is 0.326 bits per heavy atom. The van der Waals surface area contributed by atoms with Gasteiger partial charge in [0.2, 0.25) is 0 Å². The Kier molecular flexibility index (Phi) is 5.40. The highest BCUT2D eigenvalue weighted by Crippen LogP contribution is 2.43. The molecule has 1 unspecified atom stereocenters. The summed E-state index contributed by atoms with van der Waals surface area (Å²) in [4.78, 5) is 0. The molecule has 10 aromatic rings. The number of furan rings is 3. The Morgan fingerprint density at radius 2 is 0.870 bits per heavy atom. The van der Waals surface area contributed by atoms with Gasteiger partial charge in [0.1, 0.15) is 33.5 Å². The highest BCUT2D eigenvalue weighted by molar-refractivity contribution is 7.28. The summed E-state index contributed by atoms with van der Waals surface area (Å²) >= 11 is 0. The van der Waals surface area contributed by atoms with Crippen molar-refractivity contribution in [1.29, 1.82) is 0 Å². The molecular formula is C42H25O3P. The van der Waals surface area contributed by atoms with Crippen LogP contribution in [0.3, 0.4) is 0 Å². The summed E-state index contributed by atoms with van der Waals surface area (Å²) in [6, 6.07) is 48.7. The minimum absolute atomic E-state index is 0.810. The van der Waals surface area contributed by atoms with E-state index in [0.717, 1.165) is 88.1 Å². The minimum Gasteiger partial charge on any atom is -0.456 e. The Bertz CT molecular complexity index is 2830. The van der Waals surface area contributed by atoms with Gasteiger partial charge in [-0.05, 0) is 57.9 Å². The van der Waals surface area contributed by atoms with Gasteiger partial charge in [-0.3, -0.25) is 0 Å². The minimum atomic E-state index is 0.810. The third-order valence-corrected chi connectivity index (χ3v) is 9.75. The summed E-state index contributed by atoms with van der Waals surface area (Å²) in [7, 11) is 2.85. The first kappa shape index (κ1) is 25.7. The first-order valence-corrected chi connectivity index (χ1v) is 15.9. The molecule has 0 radical (unpaired) electrons. The summed E-state index contributed by atoms with van der Waals surface area (Å²) in [6.45, 7) is 0. The number of benzene rings is 7. The number of hydrogen-bond donors (Lipinski definition) is 0. The Morgan fingerprint density at radius 3 is 1.61 bits per heavy atom. The average Bonchev–Trinajstić information content (AvgIpc) is 3.77. The van der Waals surface area contributed by atoms with Crippen LogP contribution in [0.25, 0.3) is 99.2 Å². The first-order chi connectivity index (χ1) is 22.7. The van der Waals surface area contributed by atoms with Gasteiger partial charge in [-0.15, -0.1) is 9.24 Å². The Labute approximate surface area is 265 Å². The first-order valence-electron chi connectivity index (χ1n) is 15.4. The van der Waals surface area contributed by atoms with Crippen molar-refractivity contribution >= 4 is 80.4 Å². The quantitative estimate of drug-likeness (QED) is 0.187. The van der Waals surface area contributed by atoms with Crippen LogP contribution in [0.4, 0.5) is 0 Å². The van der Waals surface area contributed by atoms with E-state index in [1.165, 1.54) is 16.4 Å². The second-order valence-electron chi connectivity index (χ2n) is 11.9. The molecule has 3 aromatic heterocycles. The van der Waals surface area contributed by atoms with Crippen LogP contribution in [0.15, 0.2) is 153 Å². The van der Waals surface area contributed by atoms with E-state index in [0.29, 0.717) is 0 Å². The molecule has 7 aromatic carbocycles. The number of rotatable bonds is 3. The van der Waals surface area contributed by atoms with Gasteiger partial charge in [0.25, 0.3) is 0 Å². The van der Waals surface area contributed by atoms with Gasteiger partial charge in [-0.25, -0.2) is 0 Å². The lowest BCUT2D eigenvalue weighted by Crippen LogP contribution is -1.95. The van der Waals surface area contributed by atoms with Gasteiger partial charge in [0.05, 0.1) is 0 Å². The zero-order chi connectivity index (χ0) is 30.4. The highest BCUT2D eigenvalue weighted by Gasteiger charge is 2.18. The number of fused-ring (bicyclic) bond motifs is 9. The number of para-hydroxylation sites is 3. The van der Waals surface area contributed by atoms with Crippen molar-refractivity contribution in [3.8, 4) is 33.4 Å². The van der Waals surface area contributed by atoms with Crippen LogP contribution in [0, 0.1) is 0 Å². The van der Waals surface area contributed by atoms with Crippen LogP contribution in [-0.2, 0) is 0 Å². The largest absolute Gasteiger partial charge is 0.456 e. The molecule has 0 fully saturated rings. The van der Waals surface area contributed by atoms with Crippen molar-refractivity contribution in [3.05, 3.63) is 140 Å². The summed E-state index contributed by atoms with van der Waals surface area (Å²) in [5.74, 6) is 0. The van der Waals surface area contributed by atoms with E-state index in [-0.39, 0.29) is 0 Å². The van der Waals surface area contributed by atoms with Crippen molar-refractivity contribution in [3.63, 3.8) is 0 Å². The predicted molar refractivity (Wildman–Crippen MR) is 194 cm³/mol. The van der Waals surface area contributed by atoms with Gasteiger partial charge in [-0.2, -0.15) is 0 Å². The molecule has 4 heteroatoms. The van der Waals surface area contributed by atoms with Gasteiger partial charge in [0.15, 0.2) is 0 Å². The monoisotopic (exact) mass is 608 g/mol. The molecule has 1 atom stereocenters. The lowest BCUT2D eigenvalue weighted by molar-refractivity contribution is 0.657. The van der Waals surface area contributed by atoms with Crippen molar-refractivity contribution in [1.82, 2.24) is 0 Å². The summed E-state index contributed by atoms with van der Waals surface area (Å²) in [6.07, 6.45) is 0. The molecule has 0 amide bonds. The van der Waals surface area contributed by atoms with E-state index in [2.05, 4.69) is 125 Å². The fraction of sp³-hybridized carbons (Fsp3) is 0. The van der Waals surface area contributed by atoms with Crippen molar-refractivity contribution in [2.24, 2.45) is 0 Å². The SMILES string of the molecule is Pc1ccccc1-c1cccc(-c2cccc3c2oc2cc4oc5c(-c6ccc7oc8ccccc8c7c6)cccc5c4cc23)c1. The average molecular weight is 609 g/mol. The topological polar surface area (TPSA) is 39.4 Å². The fourth-order valence-corrected chi connectivity index (χ4v) is 7.43. The van der Waals surface area contributed by atoms with E-state index in [4.69, 9.17) is 13.3 Å². The summed E-state index contributed by atoms with van der Waals surface area (Å²) < 4.78 is 19.3. The normalized spacial score (nSPS) is 12.0. The molecule has 216 valence electrons. The maximum absolute atomic E-state index is 6.63. The van der Waals surface area contributed by atoms with Crippen LogP contribution in [0.2, 0.25) is 0 Å². The summed E-state index contributed by atoms with van der Waals surface area (Å²) in [5.41, 5.74) is 11.9. The molecule has 3 heterocycles. The summed E-state index contributed by atoms with van der Waals surface area (Å²) in [5, 5.41) is 7.72. The van der Waals surface area contributed by atoms with Crippen molar-refractivity contribution in [2.45, 2.75) is 0 Å². The molecule has 0 aliphatic heterocycles. The van der Waals surface area contributed by atoms with Crippen LogP contribution in [0.1, 0.15) is 0 Å². The lowest BCUT2D eigenvalue weighted by atomic mass is 9.97. The molecule has 0 saturated carbocycles. The fourth-order valence-electron chi connectivity index (χ4n) is 7.05. The third-order valence-electron chi connectivity index (χ3n) is 9.25. The molecule has 0 aliphatic carbocycles. The molecular weight excluding hydrogens is 583 g/mol. The Balaban J connectivity index is 1.13. The number of hydrogen-bond acceptors (Lipinski definition) is 3. The third kappa shape index (κ3) is 3.76. The van der Waals surface area contributed by atoms with Crippen LogP contribution >= 0.6 is 9.24 Å². The maximum Gasteiger partial charge on any atom is 0.143 e. The molecule has 3 nitrogen and oxygen atoms in total. The van der Waals surface area contributed by atoms with Crippen LogP contribution in [-0.4, -0.2) is 0 Å². The molecule has 10 rings (SSSR count). The van der Waals surface area contributed by atoms with Crippen molar-refractivity contribution in [2.75, 3.05) is 0 Å². The van der Waals surface area contributed by atoms with E-state index < -0.39 is 0 Å². The van der Waals surface area contributed by atoms with Gasteiger partial charge >= 0.3 is 0 Å². The van der Waals surface area contributed by atoms with Crippen molar-refractivity contribution < 1.29 is 13.3 Å². The lowest BCUT2D eigenvalue weighted by Gasteiger charge is -2.09. The van der Waals surface area contributed by atoms with Gasteiger partial charge in [0, 0.05) is 49.5 Å². The second kappa shape index (κ2) is 9.68. The predicted octanol–water partition coefficient (Wildman–Crippen LogP) is 11.9. The van der Waals surface area contributed by atoms with Gasteiger partial charge in [-0.1, -0.05) is 103 Å². The molecule has 0 aliphatic rings. The highest BCUT2D eigenvalue weighted by atomic mass is 31.0. The molecule has 0 N–H and O–H groups in total. The zero-order valence-corrected chi connectivity index (χ0v) is 25.7. The molecule has 0 bridgehead atoms. The molecule has 0 saturated heterocycles.